The zero-order valence-corrected chi connectivity index (χ0v) is 28.0. The van der Waals surface area contributed by atoms with E-state index in [4.69, 9.17) is 4.74 Å². The van der Waals surface area contributed by atoms with Crippen molar-refractivity contribution in [1.82, 2.24) is 0 Å². The van der Waals surface area contributed by atoms with Gasteiger partial charge >= 0.3 is 0 Å². The first-order valence-corrected chi connectivity index (χ1v) is 18.1. The molecule has 5 rings (SSSR count). The van der Waals surface area contributed by atoms with Gasteiger partial charge in [0.2, 0.25) is 5.82 Å². The van der Waals surface area contributed by atoms with E-state index in [2.05, 4.69) is 32.1 Å². The number of hydrogen-bond donors (Lipinski definition) is 0. The molecule has 0 heterocycles. The van der Waals surface area contributed by atoms with Crippen LogP contribution in [0.2, 0.25) is 0 Å². The maximum atomic E-state index is 15.5. The number of ether oxygens (including phenoxy) is 1. The lowest BCUT2D eigenvalue weighted by molar-refractivity contribution is 0.157. The molecule has 4 heteroatoms. The van der Waals surface area contributed by atoms with Gasteiger partial charge in [-0.1, -0.05) is 94.0 Å². The topological polar surface area (TPSA) is 9.23 Å². The summed E-state index contributed by atoms with van der Waals surface area (Å²) in [4.78, 5) is 0. The highest BCUT2D eigenvalue weighted by Crippen LogP contribution is 2.45. The second-order valence-corrected chi connectivity index (χ2v) is 13.9. The lowest BCUT2D eigenvalue weighted by atomic mass is 9.68. The lowest BCUT2D eigenvalue weighted by Gasteiger charge is -2.38. The summed E-state index contributed by atoms with van der Waals surface area (Å²) < 4.78 is 50.8. The second kappa shape index (κ2) is 17.2. The smallest absolute Gasteiger partial charge is 0.201 e. The zero-order chi connectivity index (χ0) is 32.3. The number of halogens is 3. The number of allylic oxidation sites excluding steroid dienone is 2. The molecule has 0 unspecified atom stereocenters. The lowest BCUT2D eigenvalue weighted by Crippen LogP contribution is -2.25. The monoisotopic (exact) mass is 630 g/mol. The largest absolute Gasteiger partial charge is 0.490 e. The molecule has 2 aliphatic rings. The van der Waals surface area contributed by atoms with Crippen molar-refractivity contribution in [3.63, 3.8) is 0 Å². The first kappa shape index (κ1) is 34.3. The van der Waals surface area contributed by atoms with Crippen LogP contribution in [0.25, 0.3) is 22.3 Å². The van der Waals surface area contributed by atoms with Crippen molar-refractivity contribution < 1.29 is 17.9 Å². The fraction of sp³-hybridized carbons (Fsp3) is 0.524. The van der Waals surface area contributed by atoms with E-state index >= 15 is 8.78 Å². The van der Waals surface area contributed by atoms with E-state index in [-0.39, 0.29) is 17.1 Å². The third-order valence-corrected chi connectivity index (χ3v) is 10.8. The van der Waals surface area contributed by atoms with E-state index in [1.165, 1.54) is 63.9 Å². The van der Waals surface area contributed by atoms with Crippen molar-refractivity contribution in [3.05, 3.63) is 89.8 Å². The average molecular weight is 631 g/mol. The molecule has 1 nitrogen and oxygen atoms in total. The summed E-state index contributed by atoms with van der Waals surface area (Å²) in [5.41, 5.74) is 3.07. The first-order chi connectivity index (χ1) is 22.5. The minimum Gasteiger partial charge on any atom is -0.490 e. The van der Waals surface area contributed by atoms with Crippen molar-refractivity contribution in [3.8, 4) is 28.0 Å². The Hall–Kier alpha value is -3.01. The van der Waals surface area contributed by atoms with Crippen molar-refractivity contribution in [2.45, 2.75) is 116 Å². The van der Waals surface area contributed by atoms with Gasteiger partial charge in [-0.2, -0.15) is 4.39 Å². The summed E-state index contributed by atoms with van der Waals surface area (Å²) in [6.07, 6.45) is 22.7. The highest BCUT2D eigenvalue weighted by molar-refractivity contribution is 5.71. The standard InChI is InChI=1S/C42H53F3O/c1-3-5-7-8-10-28-46-40-27-26-38(41(44)42(40)45)35-22-20-34(21-23-35)37-25-24-36(29-39(37)43)33-18-16-32(17-19-33)31-14-12-30(13-15-31)11-9-6-4-2/h4,6,20-27,29-33H,3,5,7-19,28H2,1-2H3. The van der Waals surface area contributed by atoms with Crippen molar-refractivity contribution >= 4 is 0 Å². The summed E-state index contributed by atoms with van der Waals surface area (Å²) in [6, 6.07) is 15.8. The summed E-state index contributed by atoms with van der Waals surface area (Å²) >= 11 is 0. The Morgan fingerprint density at radius 1 is 0.696 bits per heavy atom. The predicted octanol–water partition coefficient (Wildman–Crippen LogP) is 13.2. The minimum absolute atomic E-state index is 0.0534. The molecule has 46 heavy (non-hydrogen) atoms. The maximum absolute atomic E-state index is 15.5. The van der Waals surface area contributed by atoms with Gasteiger partial charge in [0, 0.05) is 11.1 Å². The Bertz CT molecular complexity index is 1400. The van der Waals surface area contributed by atoms with E-state index in [0.29, 0.717) is 23.7 Å². The Balaban J connectivity index is 1.14. The van der Waals surface area contributed by atoms with Crippen LogP contribution in [0.3, 0.4) is 0 Å². The van der Waals surface area contributed by atoms with Crippen LogP contribution < -0.4 is 4.74 Å². The first-order valence-electron chi connectivity index (χ1n) is 18.1. The van der Waals surface area contributed by atoms with Gasteiger partial charge in [0.05, 0.1) is 6.61 Å². The molecule has 0 aromatic heterocycles. The average Bonchev–Trinajstić information content (AvgIpc) is 3.09. The van der Waals surface area contributed by atoms with E-state index in [0.717, 1.165) is 67.4 Å². The van der Waals surface area contributed by atoms with E-state index in [1.807, 2.05) is 6.07 Å². The van der Waals surface area contributed by atoms with E-state index in [1.54, 1.807) is 36.4 Å². The zero-order valence-electron chi connectivity index (χ0n) is 28.0. The van der Waals surface area contributed by atoms with Gasteiger partial charge < -0.3 is 4.74 Å². The van der Waals surface area contributed by atoms with Gasteiger partial charge in [-0.3, -0.25) is 0 Å². The summed E-state index contributed by atoms with van der Waals surface area (Å²) in [6.45, 7) is 4.64. The fourth-order valence-corrected chi connectivity index (χ4v) is 7.97. The minimum atomic E-state index is -0.964. The van der Waals surface area contributed by atoms with Crippen LogP contribution in [0.5, 0.6) is 5.75 Å². The fourth-order valence-electron chi connectivity index (χ4n) is 7.97. The van der Waals surface area contributed by atoms with Crippen LogP contribution in [0, 0.1) is 35.2 Å². The van der Waals surface area contributed by atoms with Crippen molar-refractivity contribution in [2.75, 3.05) is 6.61 Å². The molecule has 3 aromatic carbocycles. The van der Waals surface area contributed by atoms with Gasteiger partial charge in [-0.15, -0.1) is 0 Å². The highest BCUT2D eigenvalue weighted by Gasteiger charge is 2.31. The summed E-state index contributed by atoms with van der Waals surface area (Å²) in [5.74, 6) is 0.875. The highest BCUT2D eigenvalue weighted by atomic mass is 19.2. The van der Waals surface area contributed by atoms with Crippen LogP contribution >= 0.6 is 0 Å². The molecule has 0 radical (unpaired) electrons. The quantitative estimate of drug-likeness (QED) is 0.127. The SMILES string of the molecule is CC=CCCC1CCC(C2CCC(c3ccc(-c4ccc(-c5ccc(OCCCCCCC)c(F)c5F)cc4)c(F)c3)CC2)CC1. The molecule has 2 fully saturated rings. The van der Waals surface area contributed by atoms with Crippen LogP contribution in [0.15, 0.2) is 66.7 Å². The summed E-state index contributed by atoms with van der Waals surface area (Å²) in [5, 5.41) is 0. The maximum Gasteiger partial charge on any atom is 0.201 e. The third kappa shape index (κ3) is 8.87. The number of benzene rings is 3. The molecule has 0 aliphatic heterocycles. The Morgan fingerprint density at radius 2 is 1.33 bits per heavy atom. The van der Waals surface area contributed by atoms with Gasteiger partial charge in [-0.05, 0) is 123 Å². The molecule has 0 N–H and O–H groups in total. The van der Waals surface area contributed by atoms with E-state index < -0.39 is 11.6 Å². The number of rotatable bonds is 14. The number of hydrogen-bond acceptors (Lipinski definition) is 1. The van der Waals surface area contributed by atoms with Gasteiger partial charge in [-0.25, -0.2) is 8.78 Å². The number of unbranched alkanes of at least 4 members (excludes halogenated alkanes) is 4. The summed E-state index contributed by atoms with van der Waals surface area (Å²) in [7, 11) is 0. The van der Waals surface area contributed by atoms with Gasteiger partial charge in [0.1, 0.15) is 5.82 Å². The molecular weight excluding hydrogens is 577 g/mol. The van der Waals surface area contributed by atoms with Gasteiger partial charge in [0.25, 0.3) is 0 Å². The molecule has 2 aliphatic carbocycles. The van der Waals surface area contributed by atoms with E-state index in [9.17, 15) is 4.39 Å². The molecular formula is C42H53F3O. The molecule has 0 spiro atoms. The molecule has 248 valence electrons. The van der Waals surface area contributed by atoms with Crippen LogP contribution in [0.1, 0.15) is 122 Å². The predicted molar refractivity (Wildman–Crippen MR) is 186 cm³/mol. The second-order valence-electron chi connectivity index (χ2n) is 13.9. The molecule has 3 aromatic rings. The normalized spacial score (nSPS) is 21.9. The Kier molecular flexibility index (Phi) is 12.9. The molecule has 0 bridgehead atoms. The van der Waals surface area contributed by atoms with Crippen molar-refractivity contribution in [1.29, 1.82) is 0 Å². The third-order valence-electron chi connectivity index (χ3n) is 10.8. The Morgan fingerprint density at radius 3 is 1.98 bits per heavy atom. The van der Waals surface area contributed by atoms with Crippen LogP contribution in [-0.4, -0.2) is 6.61 Å². The molecule has 0 saturated heterocycles. The molecule has 0 amide bonds. The molecule has 2 saturated carbocycles. The van der Waals surface area contributed by atoms with Crippen LogP contribution in [0.4, 0.5) is 13.2 Å². The van der Waals surface area contributed by atoms with Gasteiger partial charge in [0.15, 0.2) is 11.6 Å². The Labute approximate surface area is 275 Å². The van der Waals surface area contributed by atoms with Crippen molar-refractivity contribution in [2.24, 2.45) is 17.8 Å². The van der Waals surface area contributed by atoms with Crippen LogP contribution in [-0.2, 0) is 0 Å². The molecule has 0 atom stereocenters.